The van der Waals surface area contributed by atoms with Crippen molar-refractivity contribution in [1.82, 2.24) is 24.7 Å². The smallest absolute Gasteiger partial charge is 0.276 e. The molecular formula is C31H33N5O6. The Morgan fingerprint density at radius 2 is 1.93 bits per heavy atom. The van der Waals surface area contributed by atoms with Gasteiger partial charge >= 0.3 is 0 Å². The lowest BCUT2D eigenvalue weighted by Gasteiger charge is -2.24. The molecule has 0 saturated carbocycles. The van der Waals surface area contributed by atoms with E-state index in [0.29, 0.717) is 48.9 Å². The first kappa shape index (κ1) is 27.4. The number of fused-ring (bicyclic) bond motifs is 5. The molecule has 218 valence electrons. The van der Waals surface area contributed by atoms with E-state index in [1.54, 1.807) is 18.9 Å². The maximum absolute atomic E-state index is 13.9. The summed E-state index contributed by atoms with van der Waals surface area (Å²) < 4.78 is 18.8. The molecule has 0 unspecified atom stereocenters. The lowest BCUT2D eigenvalue weighted by atomic mass is 9.94. The van der Waals surface area contributed by atoms with E-state index in [2.05, 4.69) is 10.3 Å². The Morgan fingerprint density at radius 3 is 2.71 bits per heavy atom. The number of nitrogens with one attached hydrogen (secondary N) is 1. The summed E-state index contributed by atoms with van der Waals surface area (Å²) in [6.07, 6.45) is 3.56. The predicted molar refractivity (Wildman–Crippen MR) is 154 cm³/mol. The average Bonchev–Trinajstić information content (AvgIpc) is 3.70. The topological polar surface area (TPSA) is 119 Å². The number of methoxy groups -OCH3 is 1. The maximum atomic E-state index is 13.9. The van der Waals surface area contributed by atoms with Crippen LogP contribution in [0.4, 0.5) is 0 Å². The number of aryl methyl sites for hydroxylation is 2. The van der Waals surface area contributed by atoms with Crippen molar-refractivity contribution < 1.29 is 28.3 Å². The van der Waals surface area contributed by atoms with E-state index in [9.17, 15) is 14.4 Å². The molecule has 6 rings (SSSR count). The van der Waals surface area contributed by atoms with Crippen LogP contribution in [0.5, 0.6) is 11.5 Å². The van der Waals surface area contributed by atoms with Crippen LogP contribution in [0.1, 0.15) is 44.5 Å². The van der Waals surface area contributed by atoms with Crippen molar-refractivity contribution in [2.24, 2.45) is 7.05 Å². The quantitative estimate of drug-likeness (QED) is 0.401. The third-order valence-electron chi connectivity index (χ3n) is 8.10. The molecule has 42 heavy (non-hydrogen) atoms. The van der Waals surface area contributed by atoms with Gasteiger partial charge in [0.15, 0.2) is 23.6 Å². The fraction of sp³-hybridized carbons (Fsp3) is 0.355. The zero-order valence-electron chi connectivity index (χ0n) is 23.8. The third-order valence-corrected chi connectivity index (χ3v) is 8.10. The molecule has 2 aromatic heterocycles. The number of oxazole rings is 1. The van der Waals surface area contributed by atoms with Gasteiger partial charge in [0.1, 0.15) is 5.76 Å². The molecule has 2 aliphatic rings. The van der Waals surface area contributed by atoms with Gasteiger partial charge in [0, 0.05) is 49.7 Å². The molecule has 2 aliphatic heterocycles. The number of hydrogen-bond acceptors (Lipinski definition) is 7. The minimum atomic E-state index is -0.389. The SMILES string of the molecule is COc1ccc2cc1OCCCN(C(=O)c1ncoc1C)CC(=O)N[C@H]1CN(C(=O)c3cn(C)c4ccccc34)C[C@H]21. The van der Waals surface area contributed by atoms with Crippen LogP contribution < -0.4 is 14.8 Å². The molecule has 0 spiro atoms. The van der Waals surface area contributed by atoms with Crippen molar-refractivity contribution in [2.75, 3.05) is 39.9 Å². The van der Waals surface area contributed by atoms with Crippen molar-refractivity contribution in [2.45, 2.75) is 25.3 Å². The molecule has 1 fully saturated rings. The number of nitrogens with zero attached hydrogens (tertiary/aromatic N) is 4. The van der Waals surface area contributed by atoms with Gasteiger partial charge in [-0.1, -0.05) is 24.3 Å². The lowest BCUT2D eigenvalue weighted by molar-refractivity contribution is -0.122. The number of hydrogen-bond donors (Lipinski definition) is 1. The van der Waals surface area contributed by atoms with Gasteiger partial charge in [0.05, 0.1) is 31.9 Å². The molecule has 0 radical (unpaired) electrons. The lowest BCUT2D eigenvalue weighted by Crippen LogP contribution is -2.47. The van der Waals surface area contributed by atoms with Gasteiger partial charge in [0.2, 0.25) is 5.91 Å². The van der Waals surface area contributed by atoms with Gasteiger partial charge in [-0.05, 0) is 37.1 Å². The second-order valence-electron chi connectivity index (χ2n) is 10.8. The summed E-state index contributed by atoms with van der Waals surface area (Å²) in [5.41, 5.74) is 2.69. The van der Waals surface area contributed by atoms with Crippen molar-refractivity contribution >= 4 is 28.6 Å². The molecule has 11 nitrogen and oxygen atoms in total. The first-order valence-corrected chi connectivity index (χ1v) is 14.0. The number of amides is 3. The monoisotopic (exact) mass is 571 g/mol. The molecule has 2 atom stereocenters. The highest BCUT2D eigenvalue weighted by Crippen LogP contribution is 2.36. The fourth-order valence-corrected chi connectivity index (χ4v) is 5.95. The largest absolute Gasteiger partial charge is 0.493 e. The van der Waals surface area contributed by atoms with Gasteiger partial charge in [-0.3, -0.25) is 14.4 Å². The van der Waals surface area contributed by atoms with Crippen LogP contribution in [0.2, 0.25) is 0 Å². The molecule has 1 saturated heterocycles. The first-order chi connectivity index (χ1) is 20.3. The summed E-state index contributed by atoms with van der Waals surface area (Å²) >= 11 is 0. The molecular weight excluding hydrogens is 538 g/mol. The first-order valence-electron chi connectivity index (χ1n) is 14.0. The van der Waals surface area contributed by atoms with Gasteiger partial charge in [-0.15, -0.1) is 0 Å². The van der Waals surface area contributed by atoms with Gasteiger partial charge in [0.25, 0.3) is 11.8 Å². The molecule has 3 amide bonds. The highest BCUT2D eigenvalue weighted by Gasteiger charge is 2.39. The van der Waals surface area contributed by atoms with Gasteiger partial charge in [-0.2, -0.15) is 0 Å². The van der Waals surface area contributed by atoms with Crippen LogP contribution in [0, 0.1) is 6.92 Å². The second kappa shape index (κ2) is 11.2. The Morgan fingerprint density at radius 1 is 1.10 bits per heavy atom. The molecule has 2 aromatic carbocycles. The molecule has 4 heterocycles. The van der Waals surface area contributed by atoms with Crippen molar-refractivity contribution in [3.63, 3.8) is 0 Å². The average molecular weight is 572 g/mol. The van der Waals surface area contributed by atoms with E-state index in [0.717, 1.165) is 16.5 Å². The molecule has 4 aromatic rings. The van der Waals surface area contributed by atoms with E-state index in [-0.39, 0.29) is 48.5 Å². The van der Waals surface area contributed by atoms with Crippen LogP contribution in [0.15, 0.2) is 59.5 Å². The Balaban J connectivity index is 1.32. The summed E-state index contributed by atoms with van der Waals surface area (Å²) in [6.45, 7) is 2.81. The molecule has 0 aliphatic carbocycles. The summed E-state index contributed by atoms with van der Waals surface area (Å²) in [5.74, 6) is 0.541. The maximum Gasteiger partial charge on any atom is 0.276 e. The van der Waals surface area contributed by atoms with Crippen molar-refractivity contribution in [3.05, 3.63) is 77.6 Å². The number of carbonyl (C=O) groups is 3. The van der Waals surface area contributed by atoms with Crippen LogP contribution in [0.3, 0.4) is 0 Å². The molecule has 2 bridgehead atoms. The van der Waals surface area contributed by atoms with Gasteiger partial charge in [-0.25, -0.2) is 4.98 Å². The van der Waals surface area contributed by atoms with Crippen molar-refractivity contribution in [1.29, 1.82) is 0 Å². The van der Waals surface area contributed by atoms with Crippen molar-refractivity contribution in [3.8, 4) is 11.5 Å². The Kier molecular flexibility index (Phi) is 7.32. The third kappa shape index (κ3) is 5.06. The Hall–Kier alpha value is -4.80. The van der Waals surface area contributed by atoms with Crippen LogP contribution in [-0.2, 0) is 11.8 Å². The minimum absolute atomic E-state index is 0.0991. The number of aromatic nitrogens is 2. The minimum Gasteiger partial charge on any atom is -0.493 e. The molecule has 11 heteroatoms. The number of benzene rings is 2. The van der Waals surface area contributed by atoms with E-state index in [1.807, 2.05) is 60.3 Å². The zero-order valence-corrected chi connectivity index (χ0v) is 23.8. The van der Waals surface area contributed by atoms with E-state index < -0.39 is 0 Å². The number of likely N-dealkylation sites (tertiary alicyclic amines) is 1. The number of ether oxygens (including phenoxy) is 2. The number of carbonyl (C=O) groups excluding carboxylic acids is 3. The second-order valence-corrected chi connectivity index (χ2v) is 10.8. The van der Waals surface area contributed by atoms with Crippen LogP contribution >= 0.6 is 0 Å². The number of rotatable bonds is 3. The van der Waals surface area contributed by atoms with E-state index in [1.165, 1.54) is 11.3 Å². The fourth-order valence-electron chi connectivity index (χ4n) is 5.95. The number of para-hydroxylation sites is 1. The van der Waals surface area contributed by atoms with E-state index >= 15 is 0 Å². The van der Waals surface area contributed by atoms with Crippen LogP contribution in [-0.4, -0.2) is 83.0 Å². The summed E-state index contributed by atoms with van der Waals surface area (Å²) in [6, 6.07) is 13.1. The standard InChI is InChI=1S/C31H33N5O6/c1-19-29(32-18-42-19)31(39)35-11-6-12-41-27-13-20(9-10-26(27)40-3)22-15-36(16-24(22)33-28(37)17-35)30(38)23-14-34(2)25-8-5-4-7-21(23)25/h4-5,7-10,13-14,18,22,24H,6,11-12,15-17H2,1-3H3,(H,33,37)/t22-,24+/m1/s1. The summed E-state index contributed by atoms with van der Waals surface area (Å²) in [4.78, 5) is 47.9. The Labute approximate surface area is 243 Å². The van der Waals surface area contributed by atoms with Gasteiger partial charge < -0.3 is 33.6 Å². The Bertz CT molecular complexity index is 1660. The predicted octanol–water partition coefficient (Wildman–Crippen LogP) is 3.13. The highest BCUT2D eigenvalue weighted by molar-refractivity contribution is 6.07. The normalized spacial score (nSPS) is 19.3. The molecule has 1 N–H and O–H groups in total. The van der Waals surface area contributed by atoms with E-state index in [4.69, 9.17) is 13.9 Å². The highest BCUT2D eigenvalue weighted by atomic mass is 16.5. The zero-order chi connectivity index (χ0) is 29.4. The summed E-state index contributed by atoms with van der Waals surface area (Å²) in [7, 11) is 3.51. The van der Waals surface area contributed by atoms with Crippen LogP contribution in [0.25, 0.3) is 10.9 Å². The summed E-state index contributed by atoms with van der Waals surface area (Å²) in [5, 5.41) is 4.01.